The van der Waals surface area contributed by atoms with E-state index < -0.39 is 22.9 Å². The molecule has 0 aromatic rings. The van der Waals surface area contributed by atoms with E-state index in [-0.39, 0.29) is 34.0 Å². The summed E-state index contributed by atoms with van der Waals surface area (Å²) < 4.78 is 3.61. The molecule has 0 aromatic carbocycles. The molecule has 2 aliphatic rings. The molecule has 80 valence electrons. The minimum atomic E-state index is -0.612. The Hall–Kier alpha value is 0.790. The Bertz CT molecular complexity index is 315. The molecule has 3 heteroatoms. The van der Waals surface area contributed by atoms with Crippen molar-refractivity contribution in [3.05, 3.63) is 42.1 Å². The second-order valence-corrected chi connectivity index (χ2v) is 8.90. The van der Waals surface area contributed by atoms with Gasteiger partial charge >= 0.3 is 91.7 Å². The summed E-state index contributed by atoms with van der Waals surface area (Å²) in [6.45, 7) is 4.54. The summed E-state index contributed by atoms with van der Waals surface area (Å²) in [5.41, 5.74) is 3.13. The van der Waals surface area contributed by atoms with Gasteiger partial charge in [0.2, 0.25) is 0 Å². The van der Waals surface area contributed by atoms with Gasteiger partial charge in [-0.15, -0.1) is 0 Å². The van der Waals surface area contributed by atoms with Crippen LogP contribution in [0, 0.1) is 0 Å². The fourth-order valence-electron chi connectivity index (χ4n) is 1.71. The zero-order valence-electron chi connectivity index (χ0n) is 8.98. The molecular weight excluding hydrogens is 482 g/mol. The van der Waals surface area contributed by atoms with Crippen LogP contribution in [0.3, 0.4) is 0 Å². The molecule has 2 rings (SSSR count). The maximum atomic E-state index is 2.32. The Balaban J connectivity index is 0.000000980. The summed E-state index contributed by atoms with van der Waals surface area (Å²) in [5.74, 6) is 0. The Morgan fingerprint density at radius 2 is 1.27 bits per heavy atom. The summed E-state index contributed by atoms with van der Waals surface area (Å²) in [4.78, 5) is 0. The van der Waals surface area contributed by atoms with Gasteiger partial charge in [-0.2, -0.15) is 0 Å². The van der Waals surface area contributed by atoms with Crippen molar-refractivity contribution in [2.45, 2.75) is 26.7 Å². The van der Waals surface area contributed by atoms with E-state index in [2.05, 4.69) is 38.2 Å². The van der Waals surface area contributed by atoms with Gasteiger partial charge in [-0.25, -0.2) is 0 Å². The maximum absolute atomic E-state index is 2.32. The molecular formula is C12H14Br2Hf. The number of allylic oxidation sites excluding steroid dienone is 8. The first-order valence-electron chi connectivity index (χ1n) is 4.77. The van der Waals surface area contributed by atoms with Gasteiger partial charge in [0, 0.05) is 0 Å². The van der Waals surface area contributed by atoms with Crippen LogP contribution in [-0.2, 0) is 22.9 Å². The molecule has 0 saturated carbocycles. The first-order chi connectivity index (χ1) is 6.27. The molecule has 0 radical (unpaired) electrons. The normalized spacial score (nSPS) is 17.7. The Labute approximate surface area is 124 Å². The largest absolute Gasteiger partial charge is 1.00 e. The van der Waals surface area contributed by atoms with Crippen LogP contribution in [0.2, 0.25) is 0 Å². The summed E-state index contributed by atoms with van der Waals surface area (Å²) >= 11 is -0.612. The summed E-state index contributed by atoms with van der Waals surface area (Å²) in [7, 11) is 0. The molecule has 0 bridgehead atoms. The summed E-state index contributed by atoms with van der Waals surface area (Å²) in [5, 5.41) is 0. The van der Waals surface area contributed by atoms with E-state index in [0.717, 1.165) is 0 Å². The van der Waals surface area contributed by atoms with Crippen LogP contribution in [-0.4, -0.2) is 0 Å². The molecule has 0 fully saturated rings. The maximum Gasteiger partial charge on any atom is -1.00 e. The van der Waals surface area contributed by atoms with Crippen molar-refractivity contribution in [3.8, 4) is 0 Å². The van der Waals surface area contributed by atoms with Gasteiger partial charge in [-0.05, 0) is 0 Å². The van der Waals surface area contributed by atoms with Gasteiger partial charge < -0.3 is 34.0 Å². The topological polar surface area (TPSA) is 0 Å². The van der Waals surface area contributed by atoms with Gasteiger partial charge in [0.15, 0.2) is 0 Å². The second kappa shape index (κ2) is 7.18. The average Bonchev–Trinajstić information content (AvgIpc) is 2.65. The van der Waals surface area contributed by atoms with E-state index in [1.54, 1.807) is 17.8 Å². The van der Waals surface area contributed by atoms with Crippen LogP contribution in [0.15, 0.2) is 42.1 Å². The third kappa shape index (κ3) is 3.94. The van der Waals surface area contributed by atoms with Crippen molar-refractivity contribution in [3.63, 3.8) is 0 Å². The first kappa shape index (κ1) is 15.8. The van der Waals surface area contributed by atoms with Crippen LogP contribution in [0.1, 0.15) is 26.7 Å². The van der Waals surface area contributed by atoms with E-state index in [9.17, 15) is 0 Å². The zero-order valence-corrected chi connectivity index (χ0v) is 15.7. The van der Waals surface area contributed by atoms with Crippen LogP contribution in [0.4, 0.5) is 0 Å². The van der Waals surface area contributed by atoms with Crippen molar-refractivity contribution in [2.24, 2.45) is 0 Å². The Morgan fingerprint density at radius 3 is 1.53 bits per heavy atom. The summed E-state index contributed by atoms with van der Waals surface area (Å²) in [6.07, 6.45) is 11.7. The molecule has 0 atom stereocenters. The van der Waals surface area contributed by atoms with Crippen molar-refractivity contribution in [1.82, 2.24) is 0 Å². The monoisotopic (exact) mass is 496 g/mol. The number of rotatable bonds is 2. The standard InChI is InChI=1S/2C6H7.2BrH.Hf/c2*1-6-4-2-3-5-6;;;/h2*2,4H,3H2,1H3;2*1H;/q;;;;+2/p-2. The molecule has 0 N–H and O–H groups in total. The van der Waals surface area contributed by atoms with Gasteiger partial charge in [0.25, 0.3) is 0 Å². The van der Waals surface area contributed by atoms with E-state index in [4.69, 9.17) is 0 Å². The molecule has 0 heterocycles. The molecule has 0 aromatic heterocycles. The third-order valence-corrected chi connectivity index (χ3v) is 9.10. The second-order valence-electron chi connectivity index (χ2n) is 3.66. The van der Waals surface area contributed by atoms with Crippen molar-refractivity contribution in [1.29, 1.82) is 0 Å². The van der Waals surface area contributed by atoms with Crippen LogP contribution < -0.4 is 34.0 Å². The van der Waals surface area contributed by atoms with Gasteiger partial charge in [0.05, 0.1) is 0 Å². The van der Waals surface area contributed by atoms with Crippen molar-refractivity contribution < 1.29 is 56.9 Å². The quantitative estimate of drug-likeness (QED) is 0.373. The Morgan fingerprint density at radius 1 is 0.867 bits per heavy atom. The minimum Gasteiger partial charge on any atom is -1.00 e. The number of halogens is 2. The predicted octanol–water partition coefficient (Wildman–Crippen LogP) is -2.46. The van der Waals surface area contributed by atoms with E-state index >= 15 is 0 Å². The van der Waals surface area contributed by atoms with E-state index in [1.807, 2.05) is 0 Å². The molecule has 0 spiro atoms. The van der Waals surface area contributed by atoms with Crippen LogP contribution in [0.5, 0.6) is 0 Å². The molecule has 0 amide bonds. The third-order valence-electron chi connectivity index (χ3n) is 2.63. The van der Waals surface area contributed by atoms with Gasteiger partial charge in [-0.1, -0.05) is 0 Å². The fraction of sp³-hybridized carbons (Fsp3) is 0.333. The zero-order chi connectivity index (χ0) is 9.26. The summed E-state index contributed by atoms with van der Waals surface area (Å²) in [6, 6.07) is 0. The minimum absolute atomic E-state index is 0. The molecule has 0 aliphatic heterocycles. The number of hydrogen-bond acceptors (Lipinski definition) is 0. The first-order valence-corrected chi connectivity index (χ1v) is 8.36. The molecule has 0 unspecified atom stereocenters. The van der Waals surface area contributed by atoms with Gasteiger partial charge in [-0.3, -0.25) is 0 Å². The fourth-order valence-corrected chi connectivity index (χ4v) is 6.62. The SMILES string of the molecule is CC1=[C]([Hf+2][C]2=C(C)C=CC2)CC=C1.[Br-].[Br-]. The average molecular weight is 497 g/mol. The number of hydrogen-bond donors (Lipinski definition) is 0. The smallest absolute Gasteiger partial charge is 1.00 e. The van der Waals surface area contributed by atoms with Crippen molar-refractivity contribution >= 4 is 0 Å². The molecule has 2 aliphatic carbocycles. The van der Waals surface area contributed by atoms with E-state index in [1.165, 1.54) is 12.8 Å². The van der Waals surface area contributed by atoms with Gasteiger partial charge in [0.1, 0.15) is 0 Å². The molecule has 0 nitrogen and oxygen atoms in total. The predicted molar refractivity (Wildman–Crippen MR) is 52.9 cm³/mol. The molecule has 15 heavy (non-hydrogen) atoms. The molecule has 0 saturated heterocycles. The van der Waals surface area contributed by atoms with Crippen molar-refractivity contribution in [2.75, 3.05) is 0 Å². The van der Waals surface area contributed by atoms with Crippen LogP contribution in [0.25, 0.3) is 0 Å². The van der Waals surface area contributed by atoms with Crippen LogP contribution >= 0.6 is 0 Å². The Kier molecular flexibility index (Phi) is 7.56. The van der Waals surface area contributed by atoms with E-state index in [0.29, 0.717) is 0 Å².